The number of ether oxygens (including phenoxy) is 1. The molecule has 1 aliphatic rings. The summed E-state index contributed by atoms with van der Waals surface area (Å²) in [5, 5.41) is 0. The first-order chi connectivity index (χ1) is 7.40. The Morgan fingerprint density at radius 2 is 1.88 bits per heavy atom. The molecule has 94 valence electrons. The van der Waals surface area contributed by atoms with Gasteiger partial charge in [0.1, 0.15) is 5.60 Å². The Balaban J connectivity index is 2.39. The van der Waals surface area contributed by atoms with Crippen LogP contribution in [0.15, 0.2) is 0 Å². The van der Waals surface area contributed by atoms with Crippen LogP contribution in [0.3, 0.4) is 0 Å². The zero-order valence-corrected chi connectivity index (χ0v) is 9.40. The lowest BCUT2D eigenvalue weighted by Crippen LogP contribution is -2.37. The first-order valence-electron chi connectivity index (χ1n) is 5.55. The largest absolute Gasteiger partial charge is 0.389 e. The molecule has 0 atom stereocenters. The van der Waals surface area contributed by atoms with Gasteiger partial charge in [0.2, 0.25) is 0 Å². The summed E-state index contributed by atoms with van der Waals surface area (Å²) < 4.78 is 41.0. The van der Waals surface area contributed by atoms with Crippen LogP contribution in [-0.4, -0.2) is 24.7 Å². The molecule has 0 aromatic heterocycles. The van der Waals surface area contributed by atoms with Crippen LogP contribution in [0.1, 0.15) is 44.9 Å². The van der Waals surface area contributed by atoms with Gasteiger partial charge in [-0.1, -0.05) is 0 Å². The lowest BCUT2D eigenvalue weighted by atomic mass is 9.92. The van der Waals surface area contributed by atoms with Crippen molar-refractivity contribution in [1.29, 1.82) is 0 Å². The summed E-state index contributed by atoms with van der Waals surface area (Å²) in [6, 6.07) is 0. The second-order valence-electron chi connectivity index (χ2n) is 4.30. The highest BCUT2D eigenvalue weighted by atomic mass is 19.4. The Kier molecular flexibility index (Phi) is 4.35. The normalized spacial score (nSPS) is 20.0. The highest BCUT2D eigenvalue weighted by Gasteiger charge is 2.40. The van der Waals surface area contributed by atoms with E-state index in [4.69, 9.17) is 4.74 Å². The second kappa shape index (κ2) is 5.17. The summed E-state index contributed by atoms with van der Waals surface area (Å²) in [6.07, 6.45) is -2.10. The van der Waals surface area contributed by atoms with Crippen LogP contribution < -0.4 is 0 Å². The number of methoxy groups -OCH3 is 1. The maximum absolute atomic E-state index is 11.9. The van der Waals surface area contributed by atoms with Crippen molar-refractivity contribution in [2.75, 3.05) is 7.11 Å². The smallest absolute Gasteiger partial charge is 0.370 e. The van der Waals surface area contributed by atoms with Crippen LogP contribution in [0, 0.1) is 0 Å². The van der Waals surface area contributed by atoms with Crippen molar-refractivity contribution < 1.29 is 22.7 Å². The Hall–Kier alpha value is -0.580. The molecule has 0 spiro atoms. The highest BCUT2D eigenvalue weighted by Crippen LogP contribution is 2.35. The Labute approximate surface area is 93.2 Å². The molecule has 0 amide bonds. The van der Waals surface area contributed by atoms with E-state index in [0.717, 1.165) is 12.8 Å². The van der Waals surface area contributed by atoms with E-state index in [1.807, 2.05) is 0 Å². The average molecular weight is 238 g/mol. The zero-order valence-electron chi connectivity index (χ0n) is 9.40. The third-order valence-electron chi connectivity index (χ3n) is 3.17. The van der Waals surface area contributed by atoms with Crippen molar-refractivity contribution in [3.63, 3.8) is 0 Å². The standard InChI is InChI=1S/C11H17F3O2/c1-16-10(6-2-3-7-10)9(15)5-4-8-11(12,13)14/h2-8H2,1H3. The van der Waals surface area contributed by atoms with Crippen molar-refractivity contribution in [3.05, 3.63) is 0 Å². The molecule has 0 aromatic rings. The highest BCUT2D eigenvalue weighted by molar-refractivity contribution is 5.87. The number of rotatable bonds is 5. The van der Waals surface area contributed by atoms with Gasteiger partial charge in [0, 0.05) is 20.0 Å². The number of hydrogen-bond acceptors (Lipinski definition) is 2. The van der Waals surface area contributed by atoms with Gasteiger partial charge in [0.15, 0.2) is 5.78 Å². The number of alkyl halides is 3. The van der Waals surface area contributed by atoms with Gasteiger partial charge >= 0.3 is 6.18 Å². The van der Waals surface area contributed by atoms with Gasteiger partial charge in [-0.25, -0.2) is 0 Å². The third-order valence-corrected chi connectivity index (χ3v) is 3.17. The molecule has 1 aliphatic carbocycles. The Bertz CT molecular complexity index is 242. The molecule has 1 fully saturated rings. The topological polar surface area (TPSA) is 26.3 Å². The van der Waals surface area contributed by atoms with Gasteiger partial charge in [-0.3, -0.25) is 4.79 Å². The summed E-state index contributed by atoms with van der Waals surface area (Å²) >= 11 is 0. The number of Topliss-reactive ketones (excluding diaryl/α,β-unsaturated/α-hetero) is 1. The van der Waals surface area contributed by atoms with Crippen LogP contribution in [-0.2, 0) is 9.53 Å². The molecule has 0 heterocycles. The number of halogens is 3. The minimum absolute atomic E-state index is 0.0344. The molecule has 16 heavy (non-hydrogen) atoms. The quantitative estimate of drug-likeness (QED) is 0.735. The molecule has 0 unspecified atom stereocenters. The molecule has 5 heteroatoms. The van der Waals surface area contributed by atoms with Gasteiger partial charge in [-0.2, -0.15) is 13.2 Å². The van der Waals surface area contributed by atoms with Gasteiger partial charge in [-0.15, -0.1) is 0 Å². The fourth-order valence-electron chi connectivity index (χ4n) is 2.22. The fraction of sp³-hybridized carbons (Fsp3) is 0.909. The lowest BCUT2D eigenvalue weighted by Gasteiger charge is -2.25. The van der Waals surface area contributed by atoms with Crippen molar-refractivity contribution in [3.8, 4) is 0 Å². The molecule has 1 saturated carbocycles. The molecule has 2 nitrogen and oxygen atoms in total. The predicted octanol–water partition coefficient (Wildman–Crippen LogP) is 3.25. The maximum Gasteiger partial charge on any atom is 0.389 e. The van der Waals surface area contributed by atoms with Crippen molar-refractivity contribution in [2.24, 2.45) is 0 Å². The molecule has 0 N–H and O–H groups in total. The van der Waals surface area contributed by atoms with Crippen molar-refractivity contribution >= 4 is 5.78 Å². The summed E-state index contributed by atoms with van der Waals surface area (Å²) in [5.41, 5.74) is -0.786. The van der Waals surface area contributed by atoms with E-state index in [0.29, 0.717) is 12.8 Å². The first kappa shape index (κ1) is 13.5. The van der Waals surface area contributed by atoms with E-state index in [9.17, 15) is 18.0 Å². The van der Waals surface area contributed by atoms with E-state index < -0.39 is 18.2 Å². The summed E-state index contributed by atoms with van der Waals surface area (Å²) in [7, 11) is 1.47. The third kappa shape index (κ3) is 3.47. The number of carbonyl (C=O) groups is 1. The Morgan fingerprint density at radius 1 is 1.31 bits per heavy atom. The second-order valence-corrected chi connectivity index (χ2v) is 4.30. The van der Waals surface area contributed by atoms with Crippen LogP contribution in [0.2, 0.25) is 0 Å². The average Bonchev–Trinajstić information content (AvgIpc) is 2.65. The minimum Gasteiger partial charge on any atom is -0.370 e. The molecular weight excluding hydrogens is 221 g/mol. The fourth-order valence-corrected chi connectivity index (χ4v) is 2.22. The van der Waals surface area contributed by atoms with Gasteiger partial charge < -0.3 is 4.74 Å². The first-order valence-corrected chi connectivity index (χ1v) is 5.55. The lowest BCUT2D eigenvalue weighted by molar-refractivity contribution is -0.145. The zero-order chi connectivity index (χ0) is 12.2. The molecule has 0 saturated heterocycles. The summed E-state index contributed by atoms with van der Waals surface area (Å²) in [6.45, 7) is 0. The van der Waals surface area contributed by atoms with E-state index >= 15 is 0 Å². The number of ketones is 1. The van der Waals surface area contributed by atoms with Crippen LogP contribution in [0.4, 0.5) is 13.2 Å². The summed E-state index contributed by atoms with van der Waals surface area (Å²) in [5.74, 6) is -0.170. The van der Waals surface area contributed by atoms with Crippen molar-refractivity contribution in [2.45, 2.75) is 56.7 Å². The van der Waals surface area contributed by atoms with Gasteiger partial charge in [-0.05, 0) is 32.1 Å². The summed E-state index contributed by atoms with van der Waals surface area (Å²) in [4.78, 5) is 11.8. The SMILES string of the molecule is COC1(C(=O)CCCC(F)(F)F)CCCC1. The molecule has 1 rings (SSSR count). The molecule has 0 bridgehead atoms. The van der Waals surface area contributed by atoms with E-state index in [-0.39, 0.29) is 18.6 Å². The molecule has 0 aliphatic heterocycles. The maximum atomic E-state index is 11.9. The predicted molar refractivity (Wildman–Crippen MR) is 53.1 cm³/mol. The van der Waals surface area contributed by atoms with E-state index in [1.165, 1.54) is 7.11 Å². The molecule has 0 radical (unpaired) electrons. The van der Waals surface area contributed by atoms with Crippen LogP contribution >= 0.6 is 0 Å². The molecular formula is C11H17F3O2. The van der Waals surface area contributed by atoms with E-state index in [1.54, 1.807) is 0 Å². The van der Waals surface area contributed by atoms with E-state index in [2.05, 4.69) is 0 Å². The Morgan fingerprint density at radius 3 is 2.31 bits per heavy atom. The monoisotopic (exact) mass is 238 g/mol. The van der Waals surface area contributed by atoms with Crippen LogP contribution in [0.5, 0.6) is 0 Å². The molecule has 0 aromatic carbocycles. The van der Waals surface area contributed by atoms with Crippen molar-refractivity contribution in [1.82, 2.24) is 0 Å². The minimum atomic E-state index is -4.17. The number of carbonyl (C=O) groups excluding carboxylic acids is 1. The van der Waals surface area contributed by atoms with Gasteiger partial charge in [0.25, 0.3) is 0 Å². The van der Waals surface area contributed by atoms with Gasteiger partial charge in [0.05, 0.1) is 0 Å². The number of hydrogen-bond donors (Lipinski definition) is 0. The van der Waals surface area contributed by atoms with Crippen LogP contribution in [0.25, 0.3) is 0 Å².